The molecule has 120 valence electrons. The summed E-state index contributed by atoms with van der Waals surface area (Å²) < 4.78 is 10.5. The maximum atomic E-state index is 8.63. The lowest BCUT2D eigenvalue weighted by Crippen LogP contribution is -2.02. The van der Waals surface area contributed by atoms with Crippen molar-refractivity contribution in [3.63, 3.8) is 0 Å². The number of phenolic OH excluding ortho intramolecular Hbond substituents is 1. The summed E-state index contributed by atoms with van der Waals surface area (Å²) in [7, 11) is 0. The van der Waals surface area contributed by atoms with Crippen molar-refractivity contribution in [3.8, 4) is 5.75 Å². The van der Waals surface area contributed by atoms with Gasteiger partial charge in [-0.25, -0.2) is 0 Å². The van der Waals surface area contributed by atoms with Crippen LogP contribution >= 0.6 is 0 Å². The summed E-state index contributed by atoms with van der Waals surface area (Å²) in [5, 5.41) is 8.63. The zero-order chi connectivity index (χ0) is 15.2. The quantitative estimate of drug-likeness (QED) is 0.508. The molecule has 1 heterocycles. The van der Waals surface area contributed by atoms with E-state index in [2.05, 4.69) is 6.92 Å². The number of epoxide rings is 1. The number of hydrogen-bond donors (Lipinski definition) is 1. The van der Waals surface area contributed by atoms with E-state index < -0.39 is 0 Å². The van der Waals surface area contributed by atoms with Crippen LogP contribution in [0.5, 0.6) is 5.75 Å². The monoisotopic (exact) mass is 294 g/mol. The zero-order valence-electron chi connectivity index (χ0n) is 13.3. The molecule has 1 aromatic rings. The highest BCUT2D eigenvalue weighted by Crippen LogP contribution is 2.10. The molecule has 1 aliphatic rings. The zero-order valence-corrected chi connectivity index (χ0v) is 13.3. The van der Waals surface area contributed by atoms with Crippen molar-refractivity contribution in [1.82, 2.24) is 0 Å². The molecule has 0 aromatic heterocycles. The van der Waals surface area contributed by atoms with Gasteiger partial charge in [0.25, 0.3) is 0 Å². The Balaban J connectivity index is 0.000000262. The maximum absolute atomic E-state index is 8.63. The van der Waals surface area contributed by atoms with Crippen molar-refractivity contribution in [2.24, 2.45) is 0 Å². The molecule has 1 atom stereocenters. The smallest absolute Gasteiger partial charge is 0.115 e. The number of aromatic hydroxyl groups is 1. The molecule has 0 spiro atoms. The fraction of sp³-hybridized carbons (Fsp3) is 0.667. The molecular weight excluding hydrogens is 264 g/mol. The Bertz CT molecular complexity index is 322. The summed E-state index contributed by atoms with van der Waals surface area (Å²) in [4.78, 5) is 0. The summed E-state index contributed by atoms with van der Waals surface area (Å²) in [6.45, 7) is 4.91. The molecule has 0 saturated carbocycles. The number of hydrogen-bond acceptors (Lipinski definition) is 3. The minimum absolute atomic E-state index is 0.322. The van der Waals surface area contributed by atoms with Crippen LogP contribution in [0.3, 0.4) is 0 Å². The van der Waals surface area contributed by atoms with Crippen molar-refractivity contribution in [1.29, 1.82) is 0 Å². The number of benzene rings is 1. The third kappa shape index (κ3) is 12.4. The Morgan fingerprint density at radius 2 is 1.67 bits per heavy atom. The van der Waals surface area contributed by atoms with Gasteiger partial charge in [0, 0.05) is 6.61 Å². The number of unbranched alkanes of at least 4 members (excludes halogenated alkanes) is 6. The first-order chi connectivity index (χ1) is 10.3. The van der Waals surface area contributed by atoms with E-state index >= 15 is 0 Å². The van der Waals surface area contributed by atoms with Gasteiger partial charge in [-0.3, -0.25) is 0 Å². The lowest BCUT2D eigenvalue weighted by Gasteiger charge is -2.02. The van der Waals surface area contributed by atoms with Crippen LogP contribution in [0.25, 0.3) is 0 Å². The Morgan fingerprint density at radius 1 is 1.05 bits per heavy atom. The van der Waals surface area contributed by atoms with Crippen LogP contribution in [-0.2, 0) is 9.47 Å². The summed E-state index contributed by atoms with van der Waals surface area (Å²) >= 11 is 0. The molecule has 2 rings (SSSR count). The molecule has 1 saturated heterocycles. The van der Waals surface area contributed by atoms with Crippen molar-refractivity contribution in [2.45, 2.75) is 58.0 Å². The second kappa shape index (κ2) is 12.7. The fourth-order valence-corrected chi connectivity index (χ4v) is 1.97. The molecule has 21 heavy (non-hydrogen) atoms. The molecule has 3 heteroatoms. The molecule has 0 aliphatic carbocycles. The van der Waals surface area contributed by atoms with Crippen molar-refractivity contribution < 1.29 is 14.6 Å². The van der Waals surface area contributed by atoms with E-state index in [4.69, 9.17) is 14.6 Å². The number of rotatable bonds is 10. The van der Waals surface area contributed by atoms with E-state index in [0.717, 1.165) is 19.8 Å². The van der Waals surface area contributed by atoms with Gasteiger partial charge in [0.15, 0.2) is 0 Å². The number of ether oxygens (including phenoxy) is 2. The van der Waals surface area contributed by atoms with E-state index in [1.165, 1.54) is 44.9 Å². The van der Waals surface area contributed by atoms with E-state index in [1.807, 2.05) is 6.07 Å². The average molecular weight is 294 g/mol. The predicted octanol–water partition coefficient (Wildman–Crippen LogP) is 4.54. The van der Waals surface area contributed by atoms with Crippen molar-refractivity contribution in [3.05, 3.63) is 30.3 Å². The van der Waals surface area contributed by atoms with Gasteiger partial charge >= 0.3 is 0 Å². The van der Waals surface area contributed by atoms with E-state index in [-0.39, 0.29) is 0 Å². The Labute approximate surface area is 129 Å². The molecule has 1 N–H and O–H groups in total. The molecule has 1 aliphatic heterocycles. The minimum Gasteiger partial charge on any atom is -0.508 e. The maximum Gasteiger partial charge on any atom is 0.115 e. The SMILES string of the molecule is CCCCCCCCCOCC1CO1.Oc1ccccc1. The topological polar surface area (TPSA) is 42.0 Å². The van der Waals surface area contributed by atoms with Crippen LogP contribution in [0.4, 0.5) is 0 Å². The lowest BCUT2D eigenvalue weighted by atomic mass is 10.1. The van der Waals surface area contributed by atoms with Crippen LogP contribution in [0.15, 0.2) is 30.3 Å². The van der Waals surface area contributed by atoms with Gasteiger partial charge in [0.05, 0.1) is 13.2 Å². The Kier molecular flexibility index (Phi) is 10.8. The van der Waals surface area contributed by atoms with Crippen molar-refractivity contribution in [2.75, 3.05) is 19.8 Å². The third-order valence-corrected chi connectivity index (χ3v) is 3.35. The third-order valence-electron chi connectivity index (χ3n) is 3.35. The number of para-hydroxylation sites is 1. The van der Waals surface area contributed by atoms with E-state index in [9.17, 15) is 0 Å². The van der Waals surface area contributed by atoms with Crippen LogP contribution in [0.2, 0.25) is 0 Å². The number of phenols is 1. The van der Waals surface area contributed by atoms with Gasteiger partial charge in [0.2, 0.25) is 0 Å². The average Bonchev–Trinajstić information content (AvgIpc) is 3.31. The van der Waals surface area contributed by atoms with E-state index in [1.54, 1.807) is 24.3 Å². The normalized spacial score (nSPS) is 16.1. The van der Waals surface area contributed by atoms with Gasteiger partial charge in [-0.1, -0.05) is 63.6 Å². The first kappa shape index (κ1) is 18.0. The van der Waals surface area contributed by atoms with E-state index in [0.29, 0.717) is 11.9 Å². The molecule has 0 amide bonds. The van der Waals surface area contributed by atoms with Gasteiger partial charge < -0.3 is 14.6 Å². The summed E-state index contributed by atoms with van der Waals surface area (Å²) in [5.41, 5.74) is 0. The molecular formula is C18H30O3. The molecule has 1 aromatic carbocycles. The summed E-state index contributed by atoms with van der Waals surface area (Å²) in [5.74, 6) is 0.322. The van der Waals surface area contributed by atoms with Gasteiger partial charge in [-0.2, -0.15) is 0 Å². The van der Waals surface area contributed by atoms with Crippen LogP contribution in [-0.4, -0.2) is 31.0 Å². The highest BCUT2D eigenvalue weighted by Gasteiger charge is 2.21. The summed E-state index contributed by atoms with van der Waals surface area (Å²) in [6.07, 6.45) is 9.91. The minimum atomic E-state index is 0.322. The molecule has 1 fully saturated rings. The molecule has 3 nitrogen and oxygen atoms in total. The van der Waals surface area contributed by atoms with Crippen molar-refractivity contribution >= 4 is 0 Å². The van der Waals surface area contributed by atoms with Gasteiger partial charge in [0.1, 0.15) is 11.9 Å². The van der Waals surface area contributed by atoms with Gasteiger partial charge in [-0.15, -0.1) is 0 Å². The first-order valence-corrected chi connectivity index (χ1v) is 8.26. The second-order valence-corrected chi connectivity index (χ2v) is 5.49. The molecule has 0 bridgehead atoms. The molecule has 1 unspecified atom stereocenters. The highest BCUT2D eigenvalue weighted by molar-refractivity contribution is 5.18. The summed E-state index contributed by atoms with van der Waals surface area (Å²) in [6, 6.07) is 8.71. The Hall–Kier alpha value is -1.06. The standard InChI is InChI=1S/C12H24O2.C6H6O/c1-2-3-4-5-6-7-8-9-13-10-12-11-14-12;7-6-4-2-1-3-5-6/h12H,2-11H2,1H3;1-5,7H. The van der Waals surface area contributed by atoms with Crippen LogP contribution in [0, 0.1) is 0 Å². The fourth-order valence-electron chi connectivity index (χ4n) is 1.97. The first-order valence-electron chi connectivity index (χ1n) is 8.26. The second-order valence-electron chi connectivity index (χ2n) is 5.49. The predicted molar refractivity (Wildman–Crippen MR) is 86.7 cm³/mol. The van der Waals surface area contributed by atoms with Crippen LogP contribution < -0.4 is 0 Å². The Morgan fingerprint density at radius 3 is 2.19 bits per heavy atom. The van der Waals surface area contributed by atoms with Crippen LogP contribution in [0.1, 0.15) is 51.9 Å². The lowest BCUT2D eigenvalue weighted by molar-refractivity contribution is 0.113. The molecule has 0 radical (unpaired) electrons. The van der Waals surface area contributed by atoms with Gasteiger partial charge in [-0.05, 0) is 18.6 Å². The largest absolute Gasteiger partial charge is 0.508 e. The highest BCUT2D eigenvalue weighted by atomic mass is 16.6.